The molecule has 1 atom stereocenters. The van der Waals surface area contributed by atoms with Crippen molar-refractivity contribution in [2.75, 3.05) is 39.4 Å². The summed E-state index contributed by atoms with van der Waals surface area (Å²) in [5.41, 5.74) is 0.516. The first-order chi connectivity index (χ1) is 14.6. The lowest BCUT2D eigenvalue weighted by atomic mass is 9.95. The van der Waals surface area contributed by atoms with Gasteiger partial charge < -0.3 is 24.1 Å². The second kappa shape index (κ2) is 8.81. The maximum Gasteiger partial charge on any atom is 0.290 e. The Balaban J connectivity index is 1.59. The van der Waals surface area contributed by atoms with Crippen LogP contribution in [-0.4, -0.2) is 61.1 Å². The molecular formula is C22H24FN2O5+. The number of hydrogen-bond donors (Lipinski definition) is 2. The molecule has 1 amide bonds. The van der Waals surface area contributed by atoms with E-state index in [1.54, 1.807) is 6.07 Å². The Labute approximate surface area is 173 Å². The zero-order valence-corrected chi connectivity index (χ0v) is 16.5. The molecular weight excluding hydrogens is 391 g/mol. The number of aliphatic hydroxyl groups is 1. The largest absolute Gasteiger partial charge is 0.503 e. The van der Waals surface area contributed by atoms with E-state index in [0.717, 1.165) is 32.8 Å². The Bertz CT molecular complexity index is 933. The van der Waals surface area contributed by atoms with E-state index in [0.29, 0.717) is 18.5 Å². The number of rotatable bonds is 7. The number of nitrogens with zero attached hydrogens (tertiary/aromatic N) is 1. The van der Waals surface area contributed by atoms with Gasteiger partial charge in [-0.2, -0.15) is 0 Å². The fourth-order valence-electron chi connectivity index (χ4n) is 4.06. The molecule has 0 spiro atoms. The highest BCUT2D eigenvalue weighted by Crippen LogP contribution is 2.39. The Morgan fingerprint density at radius 2 is 1.93 bits per heavy atom. The van der Waals surface area contributed by atoms with Gasteiger partial charge in [-0.15, -0.1) is 0 Å². The molecule has 8 heteroatoms. The van der Waals surface area contributed by atoms with Gasteiger partial charge in [0.15, 0.2) is 11.5 Å². The number of aliphatic hydroxyl groups excluding tert-OH is 1. The molecule has 4 rings (SSSR count). The molecule has 3 heterocycles. The standard InChI is InChI=1S/C22H23FN2O5/c23-16-6-4-15(5-7-16)19-18(20(26)17-3-1-12-30-17)21(27)22(28)25(19)9-2-8-24-10-13-29-14-11-24/h1,3-7,12,19,27H,2,8-11,13-14H2/p+1. The molecule has 0 saturated carbocycles. The number of Topliss-reactive ketones (excluding diaryl/α,β-unsaturated/α-hetero) is 1. The maximum atomic E-state index is 13.5. The van der Waals surface area contributed by atoms with Crippen molar-refractivity contribution in [3.8, 4) is 0 Å². The monoisotopic (exact) mass is 415 g/mol. The number of quaternary nitrogens is 1. The van der Waals surface area contributed by atoms with Crippen LogP contribution in [0.15, 0.2) is 58.4 Å². The van der Waals surface area contributed by atoms with Crippen LogP contribution >= 0.6 is 0 Å². The Kier molecular flexibility index (Phi) is 5.96. The minimum Gasteiger partial charge on any atom is -0.503 e. The molecule has 0 bridgehead atoms. The first-order valence-electron chi connectivity index (χ1n) is 10.1. The van der Waals surface area contributed by atoms with Crippen molar-refractivity contribution < 1.29 is 33.1 Å². The minimum absolute atomic E-state index is 0.0380. The zero-order valence-electron chi connectivity index (χ0n) is 16.5. The first kappa shape index (κ1) is 20.3. The van der Waals surface area contributed by atoms with Gasteiger partial charge in [-0.3, -0.25) is 9.59 Å². The minimum atomic E-state index is -0.796. The molecule has 30 heavy (non-hydrogen) atoms. The summed E-state index contributed by atoms with van der Waals surface area (Å²) >= 11 is 0. The van der Waals surface area contributed by atoms with Gasteiger partial charge in [-0.05, 0) is 29.8 Å². The number of amides is 1. The Morgan fingerprint density at radius 1 is 1.20 bits per heavy atom. The summed E-state index contributed by atoms with van der Waals surface area (Å²) in [6.07, 6.45) is 2.06. The third-order valence-corrected chi connectivity index (χ3v) is 5.61. The number of halogens is 1. The van der Waals surface area contributed by atoms with Crippen molar-refractivity contribution in [3.05, 3.63) is 71.1 Å². The number of ether oxygens (including phenoxy) is 1. The highest BCUT2D eigenvalue weighted by Gasteiger charge is 2.44. The number of nitrogens with one attached hydrogen (secondary N) is 1. The summed E-state index contributed by atoms with van der Waals surface area (Å²) in [4.78, 5) is 28.7. The van der Waals surface area contributed by atoms with E-state index in [9.17, 15) is 19.1 Å². The molecule has 1 aromatic carbocycles. The molecule has 7 nitrogen and oxygen atoms in total. The highest BCUT2D eigenvalue weighted by molar-refractivity contribution is 6.14. The molecule has 2 aliphatic heterocycles. The molecule has 2 aliphatic rings. The molecule has 1 fully saturated rings. The molecule has 158 valence electrons. The Hall–Kier alpha value is -2.97. The molecule has 2 aromatic rings. The van der Waals surface area contributed by atoms with Gasteiger partial charge in [0, 0.05) is 13.0 Å². The van der Waals surface area contributed by atoms with Gasteiger partial charge in [0.25, 0.3) is 5.91 Å². The van der Waals surface area contributed by atoms with Crippen LogP contribution in [0.4, 0.5) is 4.39 Å². The normalized spacial score (nSPS) is 20.2. The Morgan fingerprint density at radius 3 is 2.60 bits per heavy atom. The van der Waals surface area contributed by atoms with Crippen LogP contribution in [0.3, 0.4) is 0 Å². The highest BCUT2D eigenvalue weighted by atomic mass is 19.1. The molecule has 1 saturated heterocycles. The van der Waals surface area contributed by atoms with Gasteiger partial charge in [0.1, 0.15) is 18.9 Å². The summed E-state index contributed by atoms with van der Waals surface area (Å²) in [7, 11) is 0. The van der Waals surface area contributed by atoms with Crippen molar-refractivity contribution in [1.82, 2.24) is 4.90 Å². The van der Waals surface area contributed by atoms with Gasteiger partial charge in [0.2, 0.25) is 5.78 Å². The van der Waals surface area contributed by atoms with Crippen LogP contribution < -0.4 is 4.90 Å². The van der Waals surface area contributed by atoms with Crippen molar-refractivity contribution in [2.45, 2.75) is 12.5 Å². The fraction of sp³-hybridized carbons (Fsp3) is 0.364. The van der Waals surface area contributed by atoms with Crippen molar-refractivity contribution in [1.29, 1.82) is 0 Å². The van der Waals surface area contributed by atoms with Crippen LogP contribution in [-0.2, 0) is 9.53 Å². The van der Waals surface area contributed by atoms with E-state index in [1.807, 2.05) is 0 Å². The zero-order chi connectivity index (χ0) is 21.1. The SMILES string of the molecule is O=C(C1=C(O)C(=O)N(CCC[NH+]2CCOCC2)C1c1ccc(F)cc1)c1ccco1. The van der Waals surface area contributed by atoms with Gasteiger partial charge >= 0.3 is 0 Å². The van der Waals surface area contributed by atoms with Crippen molar-refractivity contribution >= 4 is 11.7 Å². The average Bonchev–Trinajstić information content (AvgIpc) is 3.38. The predicted molar refractivity (Wildman–Crippen MR) is 105 cm³/mol. The topological polar surface area (TPSA) is 84.4 Å². The van der Waals surface area contributed by atoms with Crippen molar-refractivity contribution in [2.24, 2.45) is 0 Å². The van der Waals surface area contributed by atoms with E-state index in [-0.39, 0.29) is 11.3 Å². The first-order valence-corrected chi connectivity index (χ1v) is 10.1. The van der Waals surface area contributed by atoms with E-state index in [1.165, 1.54) is 46.4 Å². The molecule has 2 N–H and O–H groups in total. The van der Waals surface area contributed by atoms with Crippen LogP contribution in [0.5, 0.6) is 0 Å². The lowest BCUT2D eigenvalue weighted by Gasteiger charge is -2.28. The maximum absolute atomic E-state index is 13.5. The van der Waals surface area contributed by atoms with Crippen LogP contribution in [0, 0.1) is 5.82 Å². The van der Waals surface area contributed by atoms with Gasteiger partial charge in [-0.25, -0.2) is 4.39 Å². The summed E-state index contributed by atoms with van der Waals surface area (Å²) in [5.74, 6) is -2.11. The quantitative estimate of drug-likeness (QED) is 0.666. The summed E-state index contributed by atoms with van der Waals surface area (Å²) in [6, 6.07) is 7.87. The van der Waals surface area contributed by atoms with Crippen molar-refractivity contribution in [3.63, 3.8) is 0 Å². The third-order valence-electron chi connectivity index (χ3n) is 5.61. The number of hydrogen-bond acceptors (Lipinski definition) is 5. The van der Waals surface area contributed by atoms with Crippen LogP contribution in [0.1, 0.15) is 28.6 Å². The average molecular weight is 415 g/mol. The second-order valence-corrected chi connectivity index (χ2v) is 7.49. The van der Waals surface area contributed by atoms with Crippen LogP contribution in [0.2, 0.25) is 0 Å². The number of furan rings is 1. The van der Waals surface area contributed by atoms with E-state index < -0.39 is 29.3 Å². The van der Waals surface area contributed by atoms with Crippen LogP contribution in [0.25, 0.3) is 0 Å². The summed E-state index contributed by atoms with van der Waals surface area (Å²) < 4.78 is 24.0. The van der Waals surface area contributed by atoms with E-state index in [2.05, 4.69) is 0 Å². The lowest BCUT2D eigenvalue weighted by molar-refractivity contribution is -0.908. The number of ketones is 1. The summed E-state index contributed by atoms with van der Waals surface area (Å²) in [6.45, 7) is 4.50. The molecule has 1 aromatic heterocycles. The summed E-state index contributed by atoms with van der Waals surface area (Å²) in [5, 5.41) is 10.6. The predicted octanol–water partition coefficient (Wildman–Crippen LogP) is 1.30. The fourth-order valence-corrected chi connectivity index (χ4v) is 4.06. The van der Waals surface area contributed by atoms with Gasteiger partial charge in [-0.1, -0.05) is 12.1 Å². The second-order valence-electron chi connectivity index (χ2n) is 7.49. The number of morpholine rings is 1. The molecule has 1 unspecified atom stereocenters. The molecule has 0 radical (unpaired) electrons. The van der Waals surface area contributed by atoms with Gasteiger partial charge in [0.05, 0.1) is 37.6 Å². The number of benzene rings is 1. The number of carbonyl (C=O) groups is 2. The lowest BCUT2D eigenvalue weighted by Crippen LogP contribution is -3.14. The smallest absolute Gasteiger partial charge is 0.290 e. The number of carbonyl (C=O) groups excluding carboxylic acids is 2. The molecule has 0 aliphatic carbocycles. The third kappa shape index (κ3) is 4.01. The van der Waals surface area contributed by atoms with E-state index in [4.69, 9.17) is 9.15 Å². The van der Waals surface area contributed by atoms with E-state index >= 15 is 0 Å².